The molecule has 1 N–H and O–H groups in total. The van der Waals surface area contributed by atoms with Gasteiger partial charge >= 0.3 is 6.09 Å². The summed E-state index contributed by atoms with van der Waals surface area (Å²) in [6.45, 7) is 4.87. The van der Waals surface area contributed by atoms with Crippen molar-refractivity contribution in [3.05, 3.63) is 51.2 Å². The topological polar surface area (TPSA) is 83.5 Å². The summed E-state index contributed by atoms with van der Waals surface area (Å²) in [4.78, 5) is 33.9. The van der Waals surface area contributed by atoms with Crippen molar-refractivity contribution >= 4 is 46.5 Å². The second-order valence-electron chi connectivity index (χ2n) is 6.80. The number of cyclic esters (lactones) is 1. The number of rotatable bonds is 6. The highest BCUT2D eigenvalue weighted by molar-refractivity contribution is 7.18. The van der Waals surface area contributed by atoms with Crippen LogP contribution in [0, 0.1) is 0 Å². The van der Waals surface area contributed by atoms with Crippen LogP contribution in [0.1, 0.15) is 22.2 Å². The molecule has 0 radical (unpaired) electrons. The van der Waals surface area contributed by atoms with E-state index >= 15 is 0 Å². The second-order valence-corrected chi connectivity index (χ2v) is 8.52. The van der Waals surface area contributed by atoms with Crippen LogP contribution in [0.4, 0.5) is 10.5 Å². The quantitative estimate of drug-likeness (QED) is 0.733. The molecule has 1 aromatic carbocycles. The lowest BCUT2D eigenvalue weighted by molar-refractivity contribution is 0.0920. The molecule has 2 amide bonds. The molecule has 30 heavy (non-hydrogen) atoms. The van der Waals surface area contributed by atoms with E-state index in [0.29, 0.717) is 22.4 Å². The molecular weight excluding hydrogens is 428 g/mol. The first-order chi connectivity index (χ1) is 14.5. The molecule has 1 atom stereocenters. The number of hydrogen-bond acceptors (Lipinski definition) is 7. The number of halogens is 1. The Bertz CT molecular complexity index is 962. The number of thiophene rings is 1. The molecule has 3 heterocycles. The molecule has 4 rings (SSSR count). The molecule has 0 spiro atoms. The summed E-state index contributed by atoms with van der Waals surface area (Å²) < 4.78 is 5.95. The minimum Gasteiger partial charge on any atom is -0.442 e. The van der Waals surface area contributed by atoms with Crippen LogP contribution in [0.25, 0.3) is 0 Å². The Morgan fingerprint density at radius 3 is 2.80 bits per heavy atom. The molecule has 1 unspecified atom stereocenters. The van der Waals surface area contributed by atoms with Crippen LogP contribution in [0.2, 0.25) is 4.34 Å². The molecule has 8 nitrogen and oxygen atoms in total. The number of nitrogens with zero attached hydrogens (tertiary/aromatic N) is 3. The number of anilines is 1. The average molecular weight is 449 g/mol. The highest BCUT2D eigenvalue weighted by atomic mass is 35.5. The third-order valence-corrected chi connectivity index (χ3v) is 6.11. The van der Waals surface area contributed by atoms with Crippen molar-refractivity contribution in [2.75, 3.05) is 37.7 Å². The fourth-order valence-electron chi connectivity index (χ4n) is 3.32. The van der Waals surface area contributed by atoms with Gasteiger partial charge in [-0.2, -0.15) is 0 Å². The Balaban J connectivity index is 1.37. The molecule has 0 saturated carbocycles. The van der Waals surface area contributed by atoms with E-state index in [1.165, 1.54) is 11.3 Å². The predicted molar refractivity (Wildman–Crippen MR) is 115 cm³/mol. The molecule has 0 bridgehead atoms. The second kappa shape index (κ2) is 8.93. The molecule has 2 aliphatic rings. The van der Waals surface area contributed by atoms with Gasteiger partial charge in [0.15, 0.2) is 5.84 Å². The van der Waals surface area contributed by atoms with E-state index < -0.39 is 12.2 Å². The summed E-state index contributed by atoms with van der Waals surface area (Å²) in [7, 11) is 0. The standard InChI is InChI=1S/C20H21ClN4O4S/c1-2-24-9-10-28-23-18(24)13-3-5-14(6-4-13)25-12-15(29-20(25)27)11-22-19(26)16-7-8-17(21)30-16/h3-8,15H,2,9-12H2,1H3,(H,22,26). The molecular formula is C20H21ClN4O4S. The summed E-state index contributed by atoms with van der Waals surface area (Å²) in [5, 5.41) is 6.95. The first-order valence-corrected chi connectivity index (χ1v) is 10.8. The van der Waals surface area contributed by atoms with E-state index in [9.17, 15) is 9.59 Å². The van der Waals surface area contributed by atoms with Crippen molar-refractivity contribution in [2.24, 2.45) is 5.16 Å². The Labute approximate surface area is 183 Å². The zero-order chi connectivity index (χ0) is 21.1. The minimum absolute atomic E-state index is 0.230. The van der Waals surface area contributed by atoms with Crippen molar-refractivity contribution < 1.29 is 19.2 Å². The Kier molecular flexibility index (Phi) is 6.10. The fraction of sp³-hybridized carbons (Fsp3) is 0.350. The molecule has 2 aromatic rings. The molecule has 1 fully saturated rings. The van der Waals surface area contributed by atoms with E-state index in [4.69, 9.17) is 21.2 Å². The lowest BCUT2D eigenvalue weighted by atomic mass is 10.1. The van der Waals surface area contributed by atoms with Crippen LogP contribution < -0.4 is 10.2 Å². The maximum Gasteiger partial charge on any atom is 0.414 e. The normalized spacial score (nSPS) is 18.7. The number of amides is 2. The number of oxime groups is 1. The molecule has 10 heteroatoms. The van der Waals surface area contributed by atoms with Crippen molar-refractivity contribution in [1.29, 1.82) is 0 Å². The summed E-state index contributed by atoms with van der Waals surface area (Å²) >= 11 is 7.06. The van der Waals surface area contributed by atoms with Gasteiger partial charge in [-0.05, 0) is 43.3 Å². The van der Waals surface area contributed by atoms with Gasteiger partial charge in [0.05, 0.1) is 28.8 Å². The van der Waals surface area contributed by atoms with Crippen LogP contribution in [-0.2, 0) is 9.57 Å². The number of amidine groups is 1. The monoisotopic (exact) mass is 448 g/mol. The van der Waals surface area contributed by atoms with Gasteiger partial charge in [0, 0.05) is 17.8 Å². The molecule has 1 saturated heterocycles. The number of carbonyl (C=O) groups is 2. The van der Waals surface area contributed by atoms with E-state index in [0.717, 1.165) is 30.2 Å². The Morgan fingerprint density at radius 2 is 2.10 bits per heavy atom. The maximum absolute atomic E-state index is 12.3. The Morgan fingerprint density at radius 1 is 1.30 bits per heavy atom. The van der Waals surface area contributed by atoms with Gasteiger partial charge in [0.2, 0.25) is 0 Å². The van der Waals surface area contributed by atoms with Crippen LogP contribution in [0.3, 0.4) is 0 Å². The van der Waals surface area contributed by atoms with Gasteiger partial charge < -0.3 is 19.8 Å². The summed E-state index contributed by atoms with van der Waals surface area (Å²) in [5.74, 6) is 0.551. The van der Waals surface area contributed by atoms with Gasteiger partial charge in [0.25, 0.3) is 5.91 Å². The van der Waals surface area contributed by atoms with E-state index in [2.05, 4.69) is 22.3 Å². The summed E-state index contributed by atoms with van der Waals surface area (Å²) in [6, 6.07) is 10.9. The fourth-order valence-corrected chi connectivity index (χ4v) is 4.28. The number of carbonyl (C=O) groups excluding carboxylic acids is 2. The molecule has 1 aromatic heterocycles. The van der Waals surface area contributed by atoms with E-state index in [1.54, 1.807) is 17.0 Å². The molecule has 158 valence electrons. The van der Waals surface area contributed by atoms with Crippen LogP contribution in [0.5, 0.6) is 0 Å². The third-order valence-electron chi connectivity index (χ3n) is 4.88. The van der Waals surface area contributed by atoms with Crippen molar-refractivity contribution in [2.45, 2.75) is 13.0 Å². The van der Waals surface area contributed by atoms with Gasteiger partial charge in [-0.25, -0.2) is 4.79 Å². The van der Waals surface area contributed by atoms with Crippen molar-refractivity contribution in [1.82, 2.24) is 10.2 Å². The minimum atomic E-state index is -0.435. The van der Waals surface area contributed by atoms with Gasteiger partial charge in [-0.15, -0.1) is 11.3 Å². The summed E-state index contributed by atoms with van der Waals surface area (Å²) in [5.41, 5.74) is 1.65. The number of likely N-dealkylation sites (N-methyl/N-ethyl adjacent to an activating group) is 1. The van der Waals surface area contributed by atoms with Crippen LogP contribution >= 0.6 is 22.9 Å². The molecule has 0 aliphatic carbocycles. The summed E-state index contributed by atoms with van der Waals surface area (Å²) in [6.07, 6.45) is -0.863. The van der Waals surface area contributed by atoms with Crippen LogP contribution in [0.15, 0.2) is 41.6 Å². The number of hydrogen-bond donors (Lipinski definition) is 1. The molecule has 2 aliphatic heterocycles. The number of nitrogens with one attached hydrogen (secondary N) is 1. The lowest BCUT2D eigenvalue weighted by Crippen LogP contribution is -2.37. The SMILES string of the molecule is CCN1CCON=C1c1ccc(N2CC(CNC(=O)c3ccc(Cl)s3)OC2=O)cc1. The highest BCUT2D eigenvalue weighted by Crippen LogP contribution is 2.24. The number of ether oxygens (including phenoxy) is 1. The predicted octanol–water partition coefficient (Wildman–Crippen LogP) is 3.17. The van der Waals surface area contributed by atoms with Crippen LogP contribution in [-0.4, -0.2) is 61.6 Å². The zero-order valence-corrected chi connectivity index (χ0v) is 17.9. The van der Waals surface area contributed by atoms with Gasteiger partial charge in [-0.1, -0.05) is 16.8 Å². The number of benzene rings is 1. The Hall–Kier alpha value is -2.78. The van der Waals surface area contributed by atoms with E-state index in [-0.39, 0.29) is 12.5 Å². The smallest absolute Gasteiger partial charge is 0.414 e. The van der Waals surface area contributed by atoms with E-state index in [1.807, 2.05) is 24.3 Å². The van der Waals surface area contributed by atoms with Gasteiger partial charge in [-0.3, -0.25) is 9.69 Å². The van der Waals surface area contributed by atoms with Gasteiger partial charge in [0.1, 0.15) is 12.7 Å². The highest BCUT2D eigenvalue weighted by Gasteiger charge is 2.32. The van der Waals surface area contributed by atoms with Crippen molar-refractivity contribution in [3.8, 4) is 0 Å². The first kappa shape index (κ1) is 20.5. The third kappa shape index (κ3) is 4.36. The zero-order valence-electron chi connectivity index (χ0n) is 16.3. The maximum atomic E-state index is 12.3. The lowest BCUT2D eigenvalue weighted by Gasteiger charge is -2.27. The largest absolute Gasteiger partial charge is 0.442 e. The van der Waals surface area contributed by atoms with Crippen molar-refractivity contribution in [3.63, 3.8) is 0 Å². The first-order valence-electron chi connectivity index (χ1n) is 9.62. The average Bonchev–Trinajstić information content (AvgIpc) is 3.37.